The van der Waals surface area contributed by atoms with E-state index >= 15 is 0 Å². The van der Waals surface area contributed by atoms with E-state index in [1.807, 2.05) is 14.7 Å². The van der Waals surface area contributed by atoms with Crippen LogP contribution in [0.25, 0.3) is 0 Å². The lowest BCUT2D eigenvalue weighted by Crippen LogP contribution is -2.53. The van der Waals surface area contributed by atoms with Crippen LogP contribution in [0.4, 0.5) is 17.8 Å². The third-order valence-electron chi connectivity index (χ3n) is 16.1. The number of hydrogen-bond donors (Lipinski definition) is 9. The Balaban J connectivity index is 1.06. The fourth-order valence-electron chi connectivity index (χ4n) is 10.9. The molecule has 0 spiro atoms. The highest BCUT2D eigenvalue weighted by molar-refractivity contribution is 6.00. The summed E-state index contributed by atoms with van der Waals surface area (Å²) in [7, 11) is 8.79. The number of piperidine rings is 3. The predicted octanol–water partition coefficient (Wildman–Crippen LogP) is 1.15. The zero-order valence-corrected chi connectivity index (χ0v) is 54.2. The Morgan fingerprint density at radius 3 is 0.785 bits per heavy atom. The summed E-state index contributed by atoms with van der Waals surface area (Å²) in [6, 6.07) is 10.1. The van der Waals surface area contributed by atoms with Crippen LogP contribution in [0.5, 0.6) is 34.5 Å². The first-order valence-electron chi connectivity index (χ1n) is 31.0. The monoisotopic (exact) mass is 1290 g/mol. The van der Waals surface area contributed by atoms with E-state index in [1.165, 1.54) is 99.8 Å². The Kier molecular flexibility index (Phi) is 26.2. The molecule has 0 radical (unpaired) electrons. The molecule has 3 aromatic carbocycles. The van der Waals surface area contributed by atoms with Gasteiger partial charge in [0.15, 0.2) is 0 Å². The average molecular weight is 1290 g/mol. The van der Waals surface area contributed by atoms with Gasteiger partial charge in [-0.15, -0.1) is 0 Å². The van der Waals surface area contributed by atoms with E-state index in [1.54, 1.807) is 18.2 Å². The van der Waals surface area contributed by atoms with Crippen molar-refractivity contribution in [2.75, 3.05) is 116 Å². The van der Waals surface area contributed by atoms with Gasteiger partial charge in [0, 0.05) is 133 Å². The topological polar surface area (TPSA) is 366 Å². The van der Waals surface area contributed by atoms with Crippen molar-refractivity contribution in [3.8, 4) is 34.5 Å². The summed E-state index contributed by atoms with van der Waals surface area (Å²) >= 11 is 0. The Hall–Kier alpha value is -9.90. The smallest absolute Gasteiger partial charge is 0.252 e. The highest BCUT2D eigenvalue weighted by Crippen LogP contribution is 2.29. The molecular formula is C63H87N15O15. The minimum atomic E-state index is -1.01. The Bertz CT molecular complexity index is 2860. The van der Waals surface area contributed by atoms with Crippen LogP contribution in [0, 0.1) is 0 Å². The van der Waals surface area contributed by atoms with Crippen molar-refractivity contribution >= 4 is 71.0 Å². The van der Waals surface area contributed by atoms with Gasteiger partial charge in [-0.2, -0.15) is 15.0 Å². The number of anilines is 3. The van der Waals surface area contributed by atoms with Gasteiger partial charge in [0.05, 0.1) is 42.7 Å². The van der Waals surface area contributed by atoms with E-state index in [0.717, 1.165) is 0 Å². The molecule has 9 N–H and O–H groups in total. The van der Waals surface area contributed by atoms with Gasteiger partial charge in [-0.3, -0.25) is 43.2 Å². The maximum atomic E-state index is 14.1. The first-order chi connectivity index (χ1) is 44.7. The van der Waals surface area contributed by atoms with Crippen molar-refractivity contribution in [1.82, 2.24) is 62.8 Å². The number of benzene rings is 3. The van der Waals surface area contributed by atoms with Crippen LogP contribution in [-0.4, -0.2) is 206 Å². The van der Waals surface area contributed by atoms with Gasteiger partial charge < -0.3 is 91.0 Å². The highest BCUT2D eigenvalue weighted by Gasteiger charge is 2.33. The number of nitrogens with zero attached hydrogens (tertiary/aromatic N) is 6. The minimum absolute atomic E-state index is 0.112. The SMILES string of the molecule is COc1cc(OC)cc(C(=O)N[C@@H](CCNC(C)=O)C(=O)NC2CCN(c3nc(N4CCC(NC(=O)[C@H](CCNC(C)=O)NC(=O)c5cc(OC)cc(OC)c5)CC4)nc(N4CCC(NC(=O)[C@H](CCNC(C)=O)NC(=O)c5cc(OC)cc(OC)c5)CC4)n3)CC2)c1. The zero-order chi connectivity index (χ0) is 67.1. The van der Waals surface area contributed by atoms with Crippen LogP contribution in [0.2, 0.25) is 0 Å². The van der Waals surface area contributed by atoms with Gasteiger partial charge in [-0.1, -0.05) is 0 Å². The van der Waals surface area contributed by atoms with Crippen molar-refractivity contribution in [1.29, 1.82) is 0 Å². The van der Waals surface area contributed by atoms with E-state index in [2.05, 4.69) is 47.9 Å². The number of ether oxygens (including phenoxy) is 6. The molecule has 93 heavy (non-hydrogen) atoms. The second-order valence-electron chi connectivity index (χ2n) is 22.7. The van der Waals surface area contributed by atoms with Crippen LogP contribution >= 0.6 is 0 Å². The fourth-order valence-corrected chi connectivity index (χ4v) is 10.9. The number of rotatable bonds is 30. The molecule has 30 heteroatoms. The molecule has 504 valence electrons. The molecule has 0 unspecified atom stereocenters. The maximum absolute atomic E-state index is 14.1. The summed E-state index contributed by atoms with van der Waals surface area (Å²) < 4.78 is 32.1. The zero-order valence-electron chi connectivity index (χ0n) is 54.2. The lowest BCUT2D eigenvalue weighted by Gasteiger charge is -2.37. The van der Waals surface area contributed by atoms with Gasteiger partial charge >= 0.3 is 0 Å². The normalized spacial score (nSPS) is 15.4. The van der Waals surface area contributed by atoms with E-state index < -0.39 is 53.6 Å². The molecule has 3 atom stereocenters. The molecule has 3 fully saturated rings. The molecule has 4 heterocycles. The number of aromatic nitrogens is 3. The van der Waals surface area contributed by atoms with Crippen LogP contribution in [0.15, 0.2) is 54.6 Å². The number of carbonyl (C=O) groups excluding carboxylic acids is 9. The summed E-state index contributed by atoms with van der Waals surface area (Å²) in [4.78, 5) is 140. The van der Waals surface area contributed by atoms with E-state index in [-0.39, 0.29) is 91.4 Å². The van der Waals surface area contributed by atoms with E-state index in [0.29, 0.717) is 130 Å². The largest absolute Gasteiger partial charge is 0.497 e. The molecule has 30 nitrogen and oxygen atoms in total. The molecule has 9 amide bonds. The van der Waals surface area contributed by atoms with Gasteiger partial charge in [-0.25, -0.2) is 0 Å². The molecular weight excluding hydrogens is 1210 g/mol. The molecule has 0 bridgehead atoms. The lowest BCUT2D eigenvalue weighted by molar-refractivity contribution is -0.125. The van der Waals surface area contributed by atoms with Crippen LogP contribution < -0.4 is 91.0 Å². The number of hydrogen-bond acceptors (Lipinski definition) is 21. The Morgan fingerprint density at radius 2 is 0.591 bits per heavy atom. The van der Waals surface area contributed by atoms with Gasteiger partial charge in [-0.05, 0) is 94.2 Å². The number of amides is 9. The third-order valence-corrected chi connectivity index (χ3v) is 16.1. The van der Waals surface area contributed by atoms with Gasteiger partial charge in [0.2, 0.25) is 53.3 Å². The molecule has 3 aliphatic heterocycles. The summed E-state index contributed by atoms with van der Waals surface area (Å²) in [6.07, 6.45) is 3.24. The first kappa shape index (κ1) is 70.6. The summed E-state index contributed by atoms with van der Waals surface area (Å²) in [5, 5.41) is 26.0. The molecule has 3 aliphatic rings. The molecule has 4 aromatic rings. The van der Waals surface area contributed by atoms with Crippen molar-refractivity contribution in [3.05, 3.63) is 71.3 Å². The second kappa shape index (κ2) is 34.5. The van der Waals surface area contributed by atoms with Crippen LogP contribution in [0.3, 0.4) is 0 Å². The van der Waals surface area contributed by atoms with Crippen LogP contribution in [-0.2, 0) is 28.8 Å². The van der Waals surface area contributed by atoms with E-state index in [9.17, 15) is 43.2 Å². The maximum Gasteiger partial charge on any atom is 0.252 e. The minimum Gasteiger partial charge on any atom is -0.497 e. The Morgan fingerprint density at radius 1 is 0.376 bits per heavy atom. The summed E-state index contributed by atoms with van der Waals surface area (Å²) in [5.41, 5.74) is 0.642. The molecule has 3 saturated heterocycles. The molecule has 0 aliphatic carbocycles. The molecule has 0 saturated carbocycles. The van der Waals surface area contributed by atoms with Crippen molar-refractivity contribution in [2.45, 2.75) is 115 Å². The third kappa shape index (κ3) is 21.1. The average Bonchev–Trinajstić information content (AvgIpc) is 1.14. The van der Waals surface area contributed by atoms with Gasteiger partial charge in [0.1, 0.15) is 52.6 Å². The summed E-state index contributed by atoms with van der Waals surface area (Å²) in [5.74, 6) is -0.217. The predicted molar refractivity (Wildman–Crippen MR) is 342 cm³/mol. The Labute approximate surface area is 540 Å². The number of nitrogens with one attached hydrogen (secondary N) is 9. The lowest BCUT2D eigenvalue weighted by atomic mass is 10.0. The molecule has 7 rings (SSSR count). The van der Waals surface area contributed by atoms with Crippen molar-refractivity contribution in [3.63, 3.8) is 0 Å². The highest BCUT2D eigenvalue weighted by atomic mass is 16.5. The van der Waals surface area contributed by atoms with E-state index in [4.69, 9.17) is 43.4 Å². The molecule has 1 aromatic heterocycles. The second-order valence-corrected chi connectivity index (χ2v) is 22.7. The van der Waals surface area contributed by atoms with Crippen molar-refractivity contribution < 1.29 is 71.6 Å². The van der Waals surface area contributed by atoms with Gasteiger partial charge in [0.25, 0.3) is 17.7 Å². The standard InChI is InChI=1S/C63H87N15O15/c1-37(79)64-19-10-52(70-55(82)40-28-46(88-4)34-47(29-40)89-5)58(85)67-43-13-22-76(23-14-43)61-73-62(77-24-15-44(16-25-77)68-59(86)53(11-20-65-38(2)80)71-56(83)41-30-48(90-6)35-49(31-41)91-7)75-63(74-61)78-26-17-45(18-27-78)69-60(87)54(12-21-66-39(3)81)72-57(84)42-32-50(92-8)36-51(33-42)93-9/h28-36,43-45,52-54H,10-27H2,1-9H3,(H,64,79)(H,65,80)(H,66,81)(H,67,85)(H,68,86)(H,69,87)(H,70,82)(H,71,83)(H,72,84)/t52-,53-,54-/m0/s1. The summed E-state index contributed by atoms with van der Waals surface area (Å²) in [6.45, 7) is 7.06. The fraction of sp³-hybridized carbons (Fsp3) is 0.524. The quantitative estimate of drug-likeness (QED) is 0.0354. The van der Waals surface area contributed by atoms with Crippen LogP contribution in [0.1, 0.15) is 110 Å². The van der Waals surface area contributed by atoms with Crippen molar-refractivity contribution in [2.24, 2.45) is 0 Å². The number of methoxy groups -OCH3 is 6. The first-order valence-corrected chi connectivity index (χ1v) is 31.0. The number of carbonyl (C=O) groups is 9.